The number of hydrogen-bond donors (Lipinski definition) is 8. The second kappa shape index (κ2) is 30.8. The van der Waals surface area contributed by atoms with Crippen LogP contribution in [0.2, 0.25) is 0 Å². The topological polar surface area (TPSA) is 326 Å². The van der Waals surface area contributed by atoms with Crippen molar-refractivity contribution >= 4 is 33.4 Å². The number of carbonyl (C=O) groups excluding carboxylic acids is 2. The molecule has 2 bridgehead atoms. The van der Waals surface area contributed by atoms with Crippen LogP contribution in [-0.2, 0) is 46.3 Å². The number of nitrogen functional groups attached to an aromatic ring is 1. The third-order valence-electron chi connectivity index (χ3n) is 11.8. The summed E-state index contributed by atoms with van der Waals surface area (Å²) in [6.07, 6.45) is 5.25. The molecule has 0 aliphatic carbocycles. The van der Waals surface area contributed by atoms with Crippen LogP contribution in [0.5, 0.6) is 0 Å². The molecule has 3 heterocycles. The Labute approximate surface area is 399 Å². The van der Waals surface area contributed by atoms with Crippen LogP contribution in [0.25, 0.3) is 0 Å². The molecular formula is C45H77N3O18P2. The van der Waals surface area contributed by atoms with Crippen LogP contribution < -0.4 is 11.4 Å². The number of rotatable bonds is 21. The van der Waals surface area contributed by atoms with Gasteiger partial charge in [-0.15, -0.1) is 0 Å². The Balaban J connectivity index is 1.86. The number of anilines is 1. The van der Waals surface area contributed by atoms with Crippen LogP contribution in [0.4, 0.5) is 5.82 Å². The van der Waals surface area contributed by atoms with E-state index in [0.29, 0.717) is 19.3 Å². The molecule has 23 heteroatoms. The monoisotopic (exact) mass is 1010 g/mol. The first kappa shape index (κ1) is 59.4. The average Bonchev–Trinajstić information content (AvgIpc) is 3.25. The van der Waals surface area contributed by atoms with Crippen LogP contribution >= 0.6 is 15.6 Å². The summed E-state index contributed by atoms with van der Waals surface area (Å²) in [5, 5.41) is 57.2. The van der Waals surface area contributed by atoms with Crippen LogP contribution in [0.15, 0.2) is 41.4 Å². The molecule has 3 rings (SSSR count). The number of hydrogen-bond acceptors (Lipinski definition) is 18. The van der Waals surface area contributed by atoms with Crippen molar-refractivity contribution in [1.29, 1.82) is 0 Å². The van der Waals surface area contributed by atoms with E-state index in [1.54, 1.807) is 0 Å². The number of fused-ring (bicyclic) bond motifs is 3. The summed E-state index contributed by atoms with van der Waals surface area (Å²) in [4.78, 5) is 63.9. The molecule has 68 heavy (non-hydrogen) atoms. The van der Waals surface area contributed by atoms with Crippen molar-refractivity contribution in [3.05, 3.63) is 47.1 Å². The first-order valence-electron chi connectivity index (χ1n) is 24.0. The maximum atomic E-state index is 13.3. The van der Waals surface area contributed by atoms with E-state index < -0.39 is 127 Å². The molecule has 1 aromatic rings. The number of aliphatic hydroxyl groups excluding tert-OH is 5. The standard InChI is InChI=1S/C45H77N3O18P2/c1-4-5-13-19-32(49)23-24-34-36(50)27-37(51)35-20-16-17-22-41(53)64-33(28-61-40(52)21-15-12-10-8-6-7-9-11-14-18-31(2)3)29-62-67(57,58)66-68(59,60)63-30-38(43(55)42(34)54)65-44(35)48-26-25-39(46)47-45(48)56/h16-17,23-26,31-38,42-44,49-51,54-55H,4-15,18-22,27-30H2,1-3H3,(H,57,58)(H,59,60)(H2,46,47,56)/b17-16-,24-23?/t32-,33-,34+,35-,36-,37+,38-,42+,43-,44-/m1/s1. The fraction of sp³-hybridized carbons (Fsp3) is 0.778. The first-order valence-corrected chi connectivity index (χ1v) is 27.0. The van der Waals surface area contributed by atoms with E-state index in [4.69, 9.17) is 29.0 Å². The largest absolute Gasteiger partial charge is 0.481 e. The van der Waals surface area contributed by atoms with Gasteiger partial charge in [-0.3, -0.25) is 23.2 Å². The number of ether oxygens (including phenoxy) is 3. The lowest BCUT2D eigenvalue weighted by molar-refractivity contribution is -0.194. The average molecular weight is 1010 g/mol. The Morgan fingerprint density at radius 2 is 1.53 bits per heavy atom. The number of esters is 2. The second-order valence-corrected chi connectivity index (χ2v) is 21.1. The van der Waals surface area contributed by atoms with Crippen molar-refractivity contribution in [2.24, 2.45) is 17.8 Å². The van der Waals surface area contributed by atoms with E-state index in [2.05, 4.69) is 23.1 Å². The molecule has 12 atom stereocenters. The summed E-state index contributed by atoms with van der Waals surface area (Å²) in [5.41, 5.74) is 4.72. The van der Waals surface area contributed by atoms with E-state index in [-0.39, 0.29) is 18.7 Å². The predicted molar refractivity (Wildman–Crippen MR) is 249 cm³/mol. The van der Waals surface area contributed by atoms with Crippen LogP contribution in [0, 0.1) is 17.8 Å². The van der Waals surface area contributed by atoms with Gasteiger partial charge in [0.05, 0.1) is 44.1 Å². The van der Waals surface area contributed by atoms with Gasteiger partial charge in [0.2, 0.25) is 0 Å². The molecule has 1 aromatic heterocycles. The normalized spacial score (nSPS) is 31.5. The van der Waals surface area contributed by atoms with Crippen molar-refractivity contribution in [3.63, 3.8) is 0 Å². The number of carbonyl (C=O) groups is 2. The number of phosphoric acid groups is 2. The number of unbranched alkanes of at least 4 members (excludes halogenated alkanes) is 10. The van der Waals surface area contributed by atoms with Crippen molar-refractivity contribution in [2.45, 2.75) is 185 Å². The molecule has 1 saturated heterocycles. The van der Waals surface area contributed by atoms with Gasteiger partial charge >= 0.3 is 33.3 Å². The summed E-state index contributed by atoms with van der Waals surface area (Å²) in [6, 6.07) is 1.22. The van der Waals surface area contributed by atoms with Gasteiger partial charge in [-0.1, -0.05) is 122 Å². The molecule has 0 radical (unpaired) electrons. The molecule has 2 aliphatic heterocycles. The highest BCUT2D eigenvalue weighted by Crippen LogP contribution is 2.60. The lowest BCUT2D eigenvalue weighted by Gasteiger charge is -2.40. The van der Waals surface area contributed by atoms with Crippen LogP contribution in [0.3, 0.4) is 0 Å². The number of cyclic esters (lactones) is 1. The van der Waals surface area contributed by atoms with Crippen molar-refractivity contribution in [1.82, 2.24) is 9.55 Å². The minimum Gasteiger partial charge on any atom is -0.462 e. The van der Waals surface area contributed by atoms with Gasteiger partial charge in [0.1, 0.15) is 30.9 Å². The Kier molecular flexibility index (Phi) is 26.9. The number of aliphatic hydroxyl groups is 5. The fourth-order valence-electron chi connectivity index (χ4n) is 7.93. The summed E-state index contributed by atoms with van der Waals surface area (Å²) in [6.45, 7) is 3.67. The molecule has 1 fully saturated rings. The zero-order valence-corrected chi connectivity index (χ0v) is 41.4. The highest BCUT2D eigenvalue weighted by atomic mass is 31.3. The first-order chi connectivity index (χ1) is 32.2. The van der Waals surface area contributed by atoms with E-state index in [9.17, 15) is 58.8 Å². The second-order valence-electron chi connectivity index (χ2n) is 18.1. The minimum absolute atomic E-state index is 0.0612. The molecule has 2 aliphatic rings. The summed E-state index contributed by atoms with van der Waals surface area (Å²) in [5.74, 6) is -3.70. The summed E-state index contributed by atoms with van der Waals surface area (Å²) >= 11 is 0. The molecule has 9 N–H and O–H groups in total. The van der Waals surface area contributed by atoms with Crippen LogP contribution in [-0.4, -0.2) is 119 Å². The summed E-state index contributed by atoms with van der Waals surface area (Å²) < 4.78 is 58.4. The molecular weight excluding hydrogens is 932 g/mol. The third-order valence-corrected chi connectivity index (χ3v) is 14.4. The third kappa shape index (κ3) is 22.5. The van der Waals surface area contributed by atoms with Gasteiger partial charge in [0.15, 0.2) is 6.10 Å². The molecule has 0 spiro atoms. The SMILES string of the molecule is CCCCC[C@@H](O)C=C[C@@H]1[C@H](O)[C@H](O)[C@H]2COP(=O)(O)OP(=O)(O)OC[C@@H](COC(=O)CCCCCCCCCCCC(C)C)OC(=O)C/C=C\C[C@@H]([C@H](n3ccc(N)nc3=O)O2)[C@@H](O)C[C@H]1O. The van der Waals surface area contributed by atoms with Crippen molar-refractivity contribution in [3.8, 4) is 0 Å². The molecule has 2 unspecified atom stereocenters. The van der Waals surface area contributed by atoms with Gasteiger partial charge < -0.3 is 55.3 Å². The number of nitrogens with two attached hydrogens (primary N) is 1. The zero-order valence-electron chi connectivity index (χ0n) is 39.7. The van der Waals surface area contributed by atoms with Crippen molar-refractivity contribution < 1.29 is 81.6 Å². The minimum atomic E-state index is -5.69. The molecule has 0 aromatic carbocycles. The molecule has 21 nitrogen and oxygen atoms in total. The molecule has 0 saturated carbocycles. The smallest absolute Gasteiger partial charge is 0.462 e. The number of phosphoric ester groups is 2. The Bertz CT molecular complexity index is 1870. The van der Waals surface area contributed by atoms with Crippen LogP contribution in [0.1, 0.15) is 143 Å². The fourth-order valence-corrected chi connectivity index (χ4v) is 10.0. The molecule has 390 valence electrons. The Hall–Kier alpha value is -2.88. The summed E-state index contributed by atoms with van der Waals surface area (Å²) in [7, 11) is -11.3. The van der Waals surface area contributed by atoms with E-state index >= 15 is 0 Å². The number of allylic oxidation sites excluding steroid dienone is 1. The van der Waals surface area contributed by atoms with Gasteiger partial charge in [0.25, 0.3) is 0 Å². The van der Waals surface area contributed by atoms with E-state index in [0.717, 1.165) is 55.2 Å². The molecule has 0 amide bonds. The zero-order chi connectivity index (χ0) is 50.3. The van der Waals surface area contributed by atoms with E-state index in [1.165, 1.54) is 62.5 Å². The Morgan fingerprint density at radius 1 is 0.897 bits per heavy atom. The van der Waals surface area contributed by atoms with Gasteiger partial charge in [-0.25, -0.2) is 13.9 Å². The lowest BCUT2D eigenvalue weighted by atomic mass is 9.82. The number of nitrogens with zero attached hydrogens (tertiary/aromatic N) is 2. The quantitative estimate of drug-likeness (QED) is 0.0336. The lowest BCUT2D eigenvalue weighted by Crippen LogP contribution is -2.52. The van der Waals surface area contributed by atoms with Gasteiger partial charge in [-0.2, -0.15) is 9.29 Å². The maximum Gasteiger partial charge on any atom is 0.481 e. The van der Waals surface area contributed by atoms with Crippen molar-refractivity contribution in [2.75, 3.05) is 25.6 Å². The Morgan fingerprint density at radius 3 is 2.18 bits per heavy atom. The van der Waals surface area contributed by atoms with Gasteiger partial charge in [-0.05, 0) is 31.2 Å². The highest BCUT2D eigenvalue weighted by molar-refractivity contribution is 7.61. The number of aromatic nitrogens is 2. The highest BCUT2D eigenvalue weighted by Gasteiger charge is 2.45. The van der Waals surface area contributed by atoms with Gasteiger partial charge in [0, 0.05) is 30.9 Å². The predicted octanol–water partition coefficient (Wildman–Crippen LogP) is 5.29. The maximum absolute atomic E-state index is 13.3. The van der Waals surface area contributed by atoms with E-state index in [1.807, 2.05) is 6.92 Å².